The van der Waals surface area contributed by atoms with Crippen LogP contribution in [0.25, 0.3) is 10.1 Å². The molecular formula is C30H30FN5O3S. The topological polar surface area (TPSA) is 137 Å². The number of carbonyl (C=O) groups is 2. The number of para-hydroxylation sites is 1. The van der Waals surface area contributed by atoms with Crippen LogP contribution in [0.5, 0.6) is 11.5 Å². The minimum atomic E-state index is -1.89. The fourth-order valence-corrected chi connectivity index (χ4v) is 7.07. The smallest absolute Gasteiger partial charge is 0.262 e. The molecule has 3 atom stereocenters. The molecule has 0 radical (unpaired) electrons. The molecule has 206 valence electrons. The molecule has 0 spiro atoms. The zero-order valence-corrected chi connectivity index (χ0v) is 22.8. The van der Waals surface area contributed by atoms with Crippen molar-refractivity contribution in [2.45, 2.75) is 30.5 Å². The Balaban J connectivity index is 1.43. The van der Waals surface area contributed by atoms with Crippen LogP contribution in [-0.4, -0.2) is 42.8 Å². The molecule has 8 nitrogen and oxygen atoms in total. The van der Waals surface area contributed by atoms with Crippen molar-refractivity contribution in [1.82, 2.24) is 10.2 Å². The number of thiophene rings is 1. The van der Waals surface area contributed by atoms with Crippen LogP contribution >= 0.6 is 11.3 Å². The van der Waals surface area contributed by atoms with E-state index in [4.69, 9.17) is 21.9 Å². The van der Waals surface area contributed by atoms with Gasteiger partial charge in [0.25, 0.3) is 5.91 Å². The lowest BCUT2D eigenvalue weighted by Gasteiger charge is -2.37. The van der Waals surface area contributed by atoms with Gasteiger partial charge >= 0.3 is 0 Å². The summed E-state index contributed by atoms with van der Waals surface area (Å²) in [4.78, 5) is 30.0. The highest BCUT2D eigenvalue weighted by Crippen LogP contribution is 2.50. The minimum absolute atomic E-state index is 0.0182. The van der Waals surface area contributed by atoms with Crippen LogP contribution in [0.2, 0.25) is 0 Å². The van der Waals surface area contributed by atoms with E-state index in [2.05, 4.69) is 10.2 Å². The number of ether oxygens (including phenoxy) is 1. The number of likely N-dealkylation sites (N-methyl/N-ethyl adjacent to an activating group) is 1. The summed E-state index contributed by atoms with van der Waals surface area (Å²) >= 11 is 1.18. The van der Waals surface area contributed by atoms with Gasteiger partial charge in [-0.3, -0.25) is 9.59 Å². The third-order valence-electron chi connectivity index (χ3n) is 7.82. The van der Waals surface area contributed by atoms with Crippen molar-refractivity contribution in [1.29, 1.82) is 0 Å². The lowest BCUT2D eigenvalue weighted by atomic mass is 9.70. The number of nitrogens with one attached hydrogen (secondary N) is 1. The Morgan fingerprint density at radius 3 is 2.60 bits per heavy atom. The van der Waals surface area contributed by atoms with Gasteiger partial charge in [-0.15, -0.1) is 11.3 Å². The lowest BCUT2D eigenvalue weighted by molar-refractivity contribution is -0.124. The summed E-state index contributed by atoms with van der Waals surface area (Å²) in [6.45, 7) is 1.72. The highest BCUT2D eigenvalue weighted by molar-refractivity contribution is 7.21. The lowest BCUT2D eigenvalue weighted by Crippen LogP contribution is -2.53. The van der Waals surface area contributed by atoms with Gasteiger partial charge < -0.3 is 32.2 Å². The second kappa shape index (κ2) is 9.97. The first-order valence-electron chi connectivity index (χ1n) is 13.1. The molecule has 40 heavy (non-hydrogen) atoms. The van der Waals surface area contributed by atoms with Crippen LogP contribution in [0.15, 0.2) is 60.7 Å². The number of amides is 1. The summed E-state index contributed by atoms with van der Waals surface area (Å²) in [6.07, 6.45) is 1.84. The van der Waals surface area contributed by atoms with Crippen molar-refractivity contribution in [3.8, 4) is 11.5 Å². The normalized spacial score (nSPS) is 22.9. The fraction of sp³-hybridized carbons (Fsp3) is 0.267. The number of anilines is 1. The molecule has 6 rings (SSSR count). The maximum atomic E-state index is 15.7. The Labute approximate surface area is 234 Å². The van der Waals surface area contributed by atoms with Gasteiger partial charge in [0.2, 0.25) is 0 Å². The van der Waals surface area contributed by atoms with Crippen LogP contribution in [0.1, 0.15) is 45.2 Å². The van der Waals surface area contributed by atoms with E-state index in [1.165, 1.54) is 23.5 Å². The Morgan fingerprint density at radius 1 is 1.12 bits per heavy atom. The molecule has 1 saturated heterocycles. The zero-order valence-electron chi connectivity index (χ0n) is 21.9. The van der Waals surface area contributed by atoms with Crippen molar-refractivity contribution in [3.63, 3.8) is 0 Å². The summed E-state index contributed by atoms with van der Waals surface area (Å²) in [7, 11) is 2.02. The van der Waals surface area contributed by atoms with Gasteiger partial charge in [0.05, 0.1) is 15.6 Å². The third-order valence-corrected chi connectivity index (χ3v) is 9.08. The molecule has 3 aromatic carbocycles. The predicted molar refractivity (Wildman–Crippen MR) is 154 cm³/mol. The Morgan fingerprint density at radius 2 is 1.88 bits per heavy atom. The van der Waals surface area contributed by atoms with E-state index in [1.807, 2.05) is 25.2 Å². The molecule has 1 amide bonds. The number of hydrogen-bond donors (Lipinski definition) is 4. The summed E-state index contributed by atoms with van der Waals surface area (Å²) in [5, 5.41) is 3.64. The molecule has 1 fully saturated rings. The number of nitrogen functional groups attached to an aromatic ring is 1. The maximum absolute atomic E-state index is 15.7. The van der Waals surface area contributed by atoms with Crippen molar-refractivity contribution in [2.75, 3.05) is 25.9 Å². The Bertz CT molecular complexity index is 1640. The number of rotatable bonds is 5. The van der Waals surface area contributed by atoms with Crippen LogP contribution < -0.4 is 27.3 Å². The molecule has 2 aliphatic rings. The molecule has 1 aliphatic carbocycles. The largest absolute Gasteiger partial charge is 0.457 e. The first-order chi connectivity index (χ1) is 19.2. The minimum Gasteiger partial charge on any atom is -0.457 e. The van der Waals surface area contributed by atoms with Crippen molar-refractivity contribution in [3.05, 3.63) is 88.0 Å². The first-order valence-corrected chi connectivity index (χ1v) is 14.0. The van der Waals surface area contributed by atoms with Crippen LogP contribution in [0.4, 0.5) is 10.1 Å². The van der Waals surface area contributed by atoms with E-state index in [1.54, 1.807) is 30.3 Å². The van der Waals surface area contributed by atoms with E-state index in [9.17, 15) is 9.59 Å². The fourth-order valence-electron chi connectivity index (χ4n) is 5.87. The van der Waals surface area contributed by atoms with Gasteiger partial charge in [-0.25, -0.2) is 4.39 Å². The van der Waals surface area contributed by atoms with Gasteiger partial charge in [0.15, 0.2) is 5.78 Å². The van der Waals surface area contributed by atoms with Gasteiger partial charge in [-0.2, -0.15) is 0 Å². The van der Waals surface area contributed by atoms with E-state index >= 15 is 4.39 Å². The zero-order chi connectivity index (χ0) is 28.2. The molecule has 3 unspecified atom stereocenters. The van der Waals surface area contributed by atoms with Gasteiger partial charge in [-0.1, -0.05) is 24.3 Å². The van der Waals surface area contributed by atoms with Crippen molar-refractivity contribution < 1.29 is 18.7 Å². The molecule has 1 aliphatic heterocycles. The van der Waals surface area contributed by atoms with E-state index in [0.717, 1.165) is 25.9 Å². The number of halogens is 1. The van der Waals surface area contributed by atoms with Crippen molar-refractivity contribution >= 4 is 38.8 Å². The molecule has 0 bridgehead atoms. The second-order valence-electron chi connectivity index (χ2n) is 10.5. The van der Waals surface area contributed by atoms with Crippen LogP contribution in [0.3, 0.4) is 0 Å². The molecule has 4 aromatic rings. The van der Waals surface area contributed by atoms with Gasteiger partial charge in [0, 0.05) is 40.9 Å². The maximum Gasteiger partial charge on any atom is 0.262 e. The molecule has 1 aromatic heterocycles. The first kappa shape index (κ1) is 26.4. The average Bonchev–Trinajstić information content (AvgIpc) is 3.34. The number of nitrogens with zero attached hydrogens (tertiary/aromatic N) is 1. The van der Waals surface area contributed by atoms with E-state index < -0.39 is 23.2 Å². The number of nitrogens with two attached hydrogens (primary N) is 3. The highest BCUT2D eigenvalue weighted by Gasteiger charge is 2.50. The van der Waals surface area contributed by atoms with Crippen molar-refractivity contribution in [2.24, 2.45) is 11.5 Å². The number of likely N-dealkylation sites (tertiary alicyclic amines) is 1. The number of benzene rings is 3. The van der Waals surface area contributed by atoms with Crippen LogP contribution in [0, 0.1) is 5.82 Å². The molecule has 10 heteroatoms. The Hall–Kier alpha value is -3.83. The number of ketones is 1. The molecule has 2 heterocycles. The number of carbonyl (C=O) groups excluding carboxylic acids is 2. The van der Waals surface area contributed by atoms with Gasteiger partial charge in [-0.05, 0) is 62.3 Å². The monoisotopic (exact) mass is 559 g/mol. The number of piperidine rings is 1. The Kier molecular flexibility index (Phi) is 6.58. The molecule has 7 N–H and O–H groups in total. The third kappa shape index (κ3) is 4.24. The van der Waals surface area contributed by atoms with E-state index in [-0.39, 0.29) is 23.3 Å². The quantitative estimate of drug-likeness (QED) is 0.271. The summed E-state index contributed by atoms with van der Waals surface area (Å²) in [5.41, 5.74) is 19.0. The molecular weight excluding hydrogens is 529 g/mol. The SMILES string of the molecule is CN1CCCC(NC(=O)c2sc3c(N)ccc4c3c2C(N)C(=O)C4(N)c2ccc(Oc3ccccc3)cc2F)C1. The second-order valence-corrected chi connectivity index (χ2v) is 11.6. The van der Waals surface area contributed by atoms with Crippen LogP contribution in [-0.2, 0) is 10.3 Å². The summed E-state index contributed by atoms with van der Waals surface area (Å²) in [6, 6.07) is 15.2. The molecule has 0 saturated carbocycles. The summed E-state index contributed by atoms with van der Waals surface area (Å²) in [5.74, 6) is -0.814. The standard InChI is InChI=1S/C30H30FN5O3S/c1-36-13-5-6-16(15-36)35-29(38)27-24-23-20(11-12-22(32)26(23)40-27)30(34,28(37)25(24)33)19-10-9-18(14-21(19)31)39-17-7-3-2-4-8-17/h2-4,7-12,14,16,25H,5-6,13,15,32-34H2,1H3,(H,35,38). The van der Waals surface area contributed by atoms with E-state index in [0.29, 0.717) is 37.5 Å². The highest BCUT2D eigenvalue weighted by atomic mass is 32.1. The number of hydrogen-bond acceptors (Lipinski definition) is 8. The average molecular weight is 560 g/mol. The predicted octanol–water partition coefficient (Wildman–Crippen LogP) is 4.02. The number of Topliss-reactive ketones (excluding diaryl/α,β-unsaturated/α-hetero) is 1. The summed E-state index contributed by atoms with van der Waals surface area (Å²) < 4.78 is 22.1. The van der Waals surface area contributed by atoms with Gasteiger partial charge in [0.1, 0.15) is 22.9 Å².